The Hall–Kier alpha value is -1.25. The molecule has 106 valence electrons. The van der Waals surface area contributed by atoms with Crippen LogP contribution in [-0.2, 0) is 10.2 Å². The molecule has 1 aromatic rings. The Morgan fingerprint density at radius 1 is 1.47 bits per heavy atom. The summed E-state index contributed by atoms with van der Waals surface area (Å²) in [5, 5.41) is 0. The van der Waals surface area contributed by atoms with Gasteiger partial charge in [0.25, 0.3) is 10.2 Å². The Kier molecular flexibility index (Phi) is 5.21. The number of nitrogens with one attached hydrogen (secondary N) is 2. The Labute approximate surface area is 117 Å². The van der Waals surface area contributed by atoms with E-state index in [0.29, 0.717) is 0 Å². The maximum absolute atomic E-state index is 13.6. The number of halogens is 1. The predicted molar refractivity (Wildman–Crippen MR) is 77.7 cm³/mol. The Bertz CT molecular complexity index is 573. The molecule has 1 aromatic carbocycles. The highest BCUT2D eigenvalue weighted by Gasteiger charge is 2.16. The number of rotatable bonds is 6. The highest BCUT2D eigenvalue weighted by Crippen LogP contribution is 2.19. The van der Waals surface area contributed by atoms with Gasteiger partial charge in [-0.25, -0.2) is 4.39 Å². The zero-order valence-corrected chi connectivity index (χ0v) is 12.2. The number of benzene rings is 1. The molecule has 8 heteroatoms. The normalized spacial score (nSPS) is 11.6. The van der Waals surface area contributed by atoms with Crippen LogP contribution in [0.1, 0.15) is 19.4 Å². The topological polar surface area (TPSA) is 84.2 Å². The van der Waals surface area contributed by atoms with E-state index in [-0.39, 0.29) is 28.7 Å². The fourth-order valence-electron chi connectivity index (χ4n) is 1.32. The molecule has 0 saturated carbocycles. The molecule has 0 amide bonds. The zero-order chi connectivity index (χ0) is 14.6. The van der Waals surface area contributed by atoms with Crippen molar-refractivity contribution in [3.63, 3.8) is 0 Å². The van der Waals surface area contributed by atoms with Crippen molar-refractivity contribution in [2.75, 3.05) is 11.3 Å². The lowest BCUT2D eigenvalue weighted by atomic mass is 10.2. The minimum Gasteiger partial charge on any atom is -0.389 e. The molecule has 0 bridgehead atoms. The van der Waals surface area contributed by atoms with Crippen LogP contribution in [0.15, 0.2) is 18.2 Å². The second kappa shape index (κ2) is 6.27. The molecule has 0 unspecified atom stereocenters. The standard InChI is InChI=1S/C11H16FN3O2S2/c1-7(2)6-14-19(16,17)15-9-5-3-4-8(12)10(9)11(13)18/h3-5,7,14-15H,6H2,1-2H3,(H2,13,18). The third-order valence-corrected chi connectivity index (χ3v) is 3.43. The van der Waals surface area contributed by atoms with Crippen molar-refractivity contribution in [1.82, 2.24) is 4.72 Å². The van der Waals surface area contributed by atoms with Crippen molar-refractivity contribution >= 4 is 33.1 Å². The van der Waals surface area contributed by atoms with Gasteiger partial charge >= 0.3 is 0 Å². The van der Waals surface area contributed by atoms with Crippen LogP contribution >= 0.6 is 12.2 Å². The SMILES string of the molecule is CC(C)CNS(=O)(=O)Nc1cccc(F)c1C(N)=S. The van der Waals surface area contributed by atoms with E-state index in [2.05, 4.69) is 9.44 Å². The van der Waals surface area contributed by atoms with Crippen molar-refractivity contribution in [2.45, 2.75) is 13.8 Å². The molecule has 0 aliphatic heterocycles. The largest absolute Gasteiger partial charge is 0.389 e. The first kappa shape index (κ1) is 15.8. The monoisotopic (exact) mass is 305 g/mol. The molecule has 19 heavy (non-hydrogen) atoms. The van der Waals surface area contributed by atoms with E-state index in [1.54, 1.807) is 0 Å². The summed E-state index contributed by atoms with van der Waals surface area (Å²) in [6.07, 6.45) is 0. The van der Waals surface area contributed by atoms with Gasteiger partial charge in [-0.1, -0.05) is 32.1 Å². The molecule has 0 saturated heterocycles. The number of anilines is 1. The summed E-state index contributed by atoms with van der Waals surface area (Å²) in [6.45, 7) is 4.00. The van der Waals surface area contributed by atoms with Crippen LogP contribution in [0, 0.1) is 11.7 Å². The molecule has 0 fully saturated rings. The lowest BCUT2D eigenvalue weighted by Gasteiger charge is -2.14. The average Bonchev–Trinajstić information content (AvgIpc) is 2.25. The van der Waals surface area contributed by atoms with E-state index in [4.69, 9.17) is 18.0 Å². The second-order valence-corrected chi connectivity index (χ2v) is 6.31. The van der Waals surface area contributed by atoms with Crippen molar-refractivity contribution in [3.8, 4) is 0 Å². The van der Waals surface area contributed by atoms with E-state index in [1.807, 2.05) is 13.8 Å². The van der Waals surface area contributed by atoms with Crippen molar-refractivity contribution in [3.05, 3.63) is 29.6 Å². The van der Waals surface area contributed by atoms with Crippen LogP contribution in [-0.4, -0.2) is 20.0 Å². The molecule has 0 aliphatic rings. The molecule has 0 aromatic heterocycles. The second-order valence-electron chi connectivity index (χ2n) is 4.37. The molecule has 5 nitrogen and oxygen atoms in total. The summed E-state index contributed by atoms with van der Waals surface area (Å²) in [5.41, 5.74) is 5.29. The summed E-state index contributed by atoms with van der Waals surface area (Å²) < 4.78 is 41.7. The molecule has 0 spiro atoms. The van der Waals surface area contributed by atoms with Gasteiger partial charge in [0.05, 0.1) is 11.3 Å². The fraction of sp³-hybridized carbons (Fsp3) is 0.364. The number of thiocarbonyl (C=S) groups is 1. The van der Waals surface area contributed by atoms with Crippen LogP contribution in [0.25, 0.3) is 0 Å². The third-order valence-electron chi connectivity index (χ3n) is 2.19. The summed E-state index contributed by atoms with van der Waals surface area (Å²) in [5.74, 6) is -0.518. The van der Waals surface area contributed by atoms with Crippen LogP contribution in [0.2, 0.25) is 0 Å². The van der Waals surface area contributed by atoms with Crippen LogP contribution in [0.5, 0.6) is 0 Å². The fourth-order valence-corrected chi connectivity index (χ4v) is 2.61. The summed E-state index contributed by atoms with van der Waals surface area (Å²) in [7, 11) is -3.78. The molecule has 0 radical (unpaired) electrons. The van der Waals surface area contributed by atoms with Crippen LogP contribution < -0.4 is 15.2 Å². The van der Waals surface area contributed by atoms with Crippen molar-refractivity contribution in [2.24, 2.45) is 11.7 Å². The number of hydrogen-bond donors (Lipinski definition) is 3. The van der Waals surface area contributed by atoms with Crippen molar-refractivity contribution < 1.29 is 12.8 Å². The molecule has 1 rings (SSSR count). The van der Waals surface area contributed by atoms with Crippen molar-refractivity contribution in [1.29, 1.82) is 0 Å². The van der Waals surface area contributed by atoms with Gasteiger partial charge in [0.2, 0.25) is 0 Å². The third kappa shape index (κ3) is 4.73. The Balaban J connectivity index is 3.00. The van der Waals surface area contributed by atoms with Gasteiger partial charge in [-0.3, -0.25) is 4.72 Å². The summed E-state index contributed by atoms with van der Waals surface area (Å²) in [4.78, 5) is -0.209. The number of nitrogens with two attached hydrogens (primary N) is 1. The van der Waals surface area contributed by atoms with E-state index >= 15 is 0 Å². The Morgan fingerprint density at radius 2 is 2.11 bits per heavy atom. The van der Waals surface area contributed by atoms with Gasteiger partial charge in [0.15, 0.2) is 0 Å². The van der Waals surface area contributed by atoms with Gasteiger partial charge in [0.1, 0.15) is 10.8 Å². The first-order chi connectivity index (χ1) is 8.73. The van der Waals surface area contributed by atoms with Crippen LogP contribution in [0.3, 0.4) is 0 Å². The highest BCUT2D eigenvalue weighted by atomic mass is 32.2. The van der Waals surface area contributed by atoms with E-state index in [0.717, 1.165) is 6.07 Å². The predicted octanol–water partition coefficient (Wildman–Crippen LogP) is 1.36. The summed E-state index contributed by atoms with van der Waals surface area (Å²) in [6, 6.07) is 3.93. The summed E-state index contributed by atoms with van der Waals surface area (Å²) >= 11 is 4.71. The van der Waals surface area contributed by atoms with Gasteiger partial charge in [0, 0.05) is 6.54 Å². The van der Waals surface area contributed by atoms with Gasteiger partial charge in [-0.2, -0.15) is 13.1 Å². The van der Waals surface area contributed by atoms with E-state index in [1.165, 1.54) is 12.1 Å². The zero-order valence-electron chi connectivity index (χ0n) is 10.6. The van der Waals surface area contributed by atoms with E-state index < -0.39 is 16.0 Å². The Morgan fingerprint density at radius 3 is 2.63 bits per heavy atom. The molecule has 0 atom stereocenters. The first-order valence-electron chi connectivity index (χ1n) is 5.58. The number of hydrogen-bond acceptors (Lipinski definition) is 3. The smallest absolute Gasteiger partial charge is 0.299 e. The van der Waals surface area contributed by atoms with E-state index in [9.17, 15) is 12.8 Å². The first-order valence-corrected chi connectivity index (χ1v) is 7.48. The minimum absolute atomic E-state index is 0.0174. The minimum atomic E-state index is -3.78. The van der Waals surface area contributed by atoms with Crippen LogP contribution in [0.4, 0.5) is 10.1 Å². The molecular weight excluding hydrogens is 289 g/mol. The highest BCUT2D eigenvalue weighted by molar-refractivity contribution is 7.90. The van der Waals surface area contributed by atoms with Gasteiger partial charge in [-0.15, -0.1) is 0 Å². The molecular formula is C11H16FN3O2S2. The average molecular weight is 305 g/mol. The molecule has 0 aliphatic carbocycles. The van der Waals surface area contributed by atoms with Gasteiger partial charge in [-0.05, 0) is 18.1 Å². The maximum atomic E-state index is 13.6. The molecule has 0 heterocycles. The molecule has 4 N–H and O–H groups in total. The maximum Gasteiger partial charge on any atom is 0.299 e. The lowest BCUT2D eigenvalue weighted by Crippen LogP contribution is -2.33. The van der Waals surface area contributed by atoms with Gasteiger partial charge < -0.3 is 5.73 Å². The lowest BCUT2D eigenvalue weighted by molar-refractivity contribution is 0.565. The quantitative estimate of drug-likeness (QED) is 0.693.